The van der Waals surface area contributed by atoms with E-state index in [-0.39, 0.29) is 35.4 Å². The molecule has 3 aliphatic rings. The Morgan fingerprint density at radius 2 is 1.46 bits per heavy atom. The van der Waals surface area contributed by atoms with Crippen LogP contribution in [0.3, 0.4) is 0 Å². The molecule has 5 rings (SSSR count). The summed E-state index contributed by atoms with van der Waals surface area (Å²) in [6.07, 6.45) is 1.98. The highest BCUT2D eigenvalue weighted by atomic mass is 79.9. The maximum absolute atomic E-state index is 13.9. The van der Waals surface area contributed by atoms with Crippen LogP contribution in [0.2, 0.25) is 0 Å². The van der Waals surface area contributed by atoms with Gasteiger partial charge < -0.3 is 14.7 Å². The summed E-state index contributed by atoms with van der Waals surface area (Å²) in [7, 11) is 0. The lowest BCUT2D eigenvalue weighted by Crippen LogP contribution is -2.45. The molecule has 0 saturated carbocycles. The zero-order valence-electron chi connectivity index (χ0n) is 23.9. The Hall–Kier alpha value is -2.71. The van der Waals surface area contributed by atoms with Crippen molar-refractivity contribution in [1.82, 2.24) is 4.90 Å². The van der Waals surface area contributed by atoms with E-state index < -0.39 is 11.9 Å². The maximum atomic E-state index is 13.9. The van der Waals surface area contributed by atoms with Gasteiger partial charge in [0.1, 0.15) is 12.4 Å². The monoisotopic (exact) mass is 683 g/mol. The van der Waals surface area contributed by atoms with Crippen LogP contribution in [0.4, 0.5) is 0 Å². The molecule has 8 heteroatoms. The molecule has 41 heavy (non-hydrogen) atoms. The van der Waals surface area contributed by atoms with Gasteiger partial charge in [0.15, 0.2) is 11.6 Å². The molecule has 0 atom stereocenters. The average molecular weight is 685 g/mol. The molecule has 0 saturated heterocycles. The van der Waals surface area contributed by atoms with Gasteiger partial charge in [-0.05, 0) is 75.0 Å². The average Bonchev–Trinajstić information content (AvgIpc) is 2.85. The van der Waals surface area contributed by atoms with Crippen molar-refractivity contribution >= 4 is 49.4 Å². The van der Waals surface area contributed by atoms with Gasteiger partial charge in [-0.2, -0.15) is 0 Å². The largest absolute Gasteiger partial charge is 0.488 e. The fraction of sp³-hybridized carbons (Fsp3) is 0.424. The third kappa shape index (κ3) is 6.24. The molecule has 1 aliphatic heterocycles. The highest BCUT2D eigenvalue weighted by Crippen LogP contribution is 2.54. The van der Waals surface area contributed by atoms with E-state index in [0.29, 0.717) is 49.2 Å². The van der Waals surface area contributed by atoms with Gasteiger partial charge in [-0.3, -0.25) is 14.4 Å². The number of carboxylic acid groups (broad SMARTS) is 1. The van der Waals surface area contributed by atoms with Gasteiger partial charge in [0.25, 0.3) is 0 Å². The summed E-state index contributed by atoms with van der Waals surface area (Å²) in [6.45, 7) is 8.94. The first-order valence-electron chi connectivity index (χ1n) is 13.9. The minimum absolute atomic E-state index is 0.0254. The predicted octanol–water partition coefficient (Wildman–Crippen LogP) is 7.95. The van der Waals surface area contributed by atoms with Crippen LogP contribution in [0.15, 0.2) is 74.0 Å². The number of ketones is 2. The fourth-order valence-electron chi connectivity index (χ4n) is 6.41. The summed E-state index contributed by atoms with van der Waals surface area (Å²) < 4.78 is 7.85. The van der Waals surface area contributed by atoms with E-state index in [1.807, 2.05) is 47.4 Å². The molecule has 0 aromatic heterocycles. The number of nitrogens with zero attached hydrogens (tertiary/aromatic N) is 1. The Labute approximate surface area is 258 Å². The van der Waals surface area contributed by atoms with Crippen LogP contribution in [0.5, 0.6) is 5.75 Å². The second-order valence-corrected chi connectivity index (χ2v) is 14.7. The number of carbonyl (C=O) groups is 3. The van der Waals surface area contributed by atoms with E-state index in [1.165, 1.54) is 0 Å². The number of Topliss-reactive ketones (excluding diaryl/α,β-unsaturated/α-hetero) is 2. The van der Waals surface area contributed by atoms with Crippen LogP contribution in [-0.2, 0) is 21.0 Å². The van der Waals surface area contributed by atoms with E-state index in [1.54, 1.807) is 0 Å². The highest BCUT2D eigenvalue weighted by molar-refractivity contribution is 9.10. The lowest BCUT2D eigenvalue weighted by molar-refractivity contribution is -0.137. The second kappa shape index (κ2) is 11.2. The number of hydrogen-bond acceptors (Lipinski definition) is 5. The van der Waals surface area contributed by atoms with E-state index >= 15 is 0 Å². The van der Waals surface area contributed by atoms with Gasteiger partial charge in [0.2, 0.25) is 0 Å². The Morgan fingerprint density at radius 1 is 0.902 bits per heavy atom. The number of rotatable bonds is 7. The molecule has 0 radical (unpaired) electrons. The molecule has 0 bridgehead atoms. The topological polar surface area (TPSA) is 83.9 Å². The Kier molecular flexibility index (Phi) is 8.11. The Morgan fingerprint density at radius 3 is 1.98 bits per heavy atom. The number of benzene rings is 2. The van der Waals surface area contributed by atoms with Gasteiger partial charge in [-0.25, -0.2) is 0 Å². The minimum Gasteiger partial charge on any atom is -0.488 e. The van der Waals surface area contributed by atoms with Crippen LogP contribution in [0.25, 0.3) is 0 Å². The van der Waals surface area contributed by atoms with Crippen molar-refractivity contribution < 1.29 is 24.2 Å². The summed E-state index contributed by atoms with van der Waals surface area (Å²) >= 11 is 7.14. The molecule has 0 spiro atoms. The quantitative estimate of drug-likeness (QED) is 0.319. The SMILES string of the molecule is CC1(C)CC(=O)C2=C(C1)N(CCC(=O)O)C1=C(C(=O)CC(C)(C)C1)C2c1ccc(OCc2ccc(Br)cc2)c(Br)c1. The Balaban J connectivity index is 1.59. The first-order chi connectivity index (χ1) is 19.2. The number of hydrogen-bond donors (Lipinski definition) is 1. The van der Waals surface area contributed by atoms with Crippen LogP contribution in [-0.4, -0.2) is 34.1 Å². The Bertz CT molecular complexity index is 1430. The number of aliphatic carboxylic acids is 1. The molecule has 0 fully saturated rings. The summed E-state index contributed by atoms with van der Waals surface area (Å²) in [5.41, 5.74) is 4.37. The first-order valence-corrected chi connectivity index (χ1v) is 15.5. The zero-order valence-corrected chi connectivity index (χ0v) is 27.0. The van der Waals surface area contributed by atoms with Crippen LogP contribution < -0.4 is 4.74 Å². The van der Waals surface area contributed by atoms with Crippen molar-refractivity contribution in [3.63, 3.8) is 0 Å². The molecule has 2 aromatic rings. The van der Waals surface area contributed by atoms with Gasteiger partial charge in [-0.15, -0.1) is 0 Å². The van der Waals surface area contributed by atoms with Crippen LogP contribution >= 0.6 is 31.9 Å². The van der Waals surface area contributed by atoms with Crippen molar-refractivity contribution in [1.29, 1.82) is 0 Å². The zero-order chi connectivity index (χ0) is 29.7. The first kappa shape index (κ1) is 29.8. The smallest absolute Gasteiger partial charge is 0.305 e. The summed E-state index contributed by atoms with van der Waals surface area (Å²) in [6, 6.07) is 13.8. The molecule has 1 N–H and O–H groups in total. The van der Waals surface area contributed by atoms with E-state index in [9.17, 15) is 19.5 Å². The molecule has 0 unspecified atom stereocenters. The summed E-state index contributed by atoms with van der Waals surface area (Å²) in [5, 5.41) is 9.55. The van der Waals surface area contributed by atoms with Gasteiger partial charge in [0, 0.05) is 52.3 Å². The summed E-state index contributed by atoms with van der Waals surface area (Å²) in [4.78, 5) is 41.4. The van der Waals surface area contributed by atoms with Gasteiger partial charge >= 0.3 is 5.97 Å². The highest BCUT2D eigenvalue weighted by Gasteiger charge is 2.49. The van der Waals surface area contributed by atoms with Crippen molar-refractivity contribution in [2.75, 3.05) is 6.54 Å². The number of allylic oxidation sites excluding steroid dienone is 4. The maximum Gasteiger partial charge on any atom is 0.305 e. The molecule has 0 amide bonds. The summed E-state index contributed by atoms with van der Waals surface area (Å²) in [5.74, 6) is -0.673. The van der Waals surface area contributed by atoms with E-state index in [2.05, 4.69) is 59.6 Å². The molecule has 2 aliphatic carbocycles. The second-order valence-electron chi connectivity index (χ2n) is 12.9. The van der Waals surface area contributed by atoms with Gasteiger partial charge in [-0.1, -0.05) is 61.8 Å². The predicted molar refractivity (Wildman–Crippen MR) is 164 cm³/mol. The third-order valence-corrected chi connectivity index (χ3v) is 9.32. The van der Waals surface area contributed by atoms with E-state index in [4.69, 9.17) is 4.74 Å². The molecule has 2 aromatic carbocycles. The normalized spacial score (nSPS) is 20.2. The van der Waals surface area contributed by atoms with Crippen molar-refractivity contribution in [2.45, 2.75) is 72.3 Å². The number of halogens is 2. The van der Waals surface area contributed by atoms with Crippen molar-refractivity contribution in [3.8, 4) is 5.75 Å². The van der Waals surface area contributed by atoms with Crippen LogP contribution in [0.1, 0.15) is 76.8 Å². The number of ether oxygens (including phenoxy) is 1. The molecule has 216 valence electrons. The molecular weight excluding hydrogens is 650 g/mol. The standard InChI is InChI=1S/C33H35Br2NO5/c1-32(2)14-23-30(25(37)16-32)29(31-24(36(23)12-11-28(39)40)15-33(3,4)17-26(31)38)20-7-10-27(22(35)13-20)41-18-19-5-8-21(34)9-6-19/h5-10,13,29H,11-12,14-18H2,1-4H3,(H,39,40). The van der Waals surface area contributed by atoms with Crippen molar-refractivity contribution in [3.05, 3.63) is 85.1 Å². The van der Waals surface area contributed by atoms with Crippen LogP contribution in [0, 0.1) is 10.8 Å². The van der Waals surface area contributed by atoms with Gasteiger partial charge in [0.05, 0.1) is 10.9 Å². The molecule has 1 heterocycles. The third-order valence-electron chi connectivity index (χ3n) is 8.17. The number of carbonyl (C=O) groups excluding carboxylic acids is 2. The lowest BCUT2D eigenvalue weighted by Gasteiger charge is -2.49. The van der Waals surface area contributed by atoms with E-state index in [0.717, 1.165) is 31.5 Å². The fourth-order valence-corrected chi connectivity index (χ4v) is 7.19. The minimum atomic E-state index is -0.901. The molecular formula is C33H35Br2NO5. The molecule has 6 nitrogen and oxygen atoms in total. The van der Waals surface area contributed by atoms with Crippen molar-refractivity contribution in [2.24, 2.45) is 10.8 Å². The number of carboxylic acids is 1. The lowest BCUT2D eigenvalue weighted by atomic mass is 9.63.